The Morgan fingerprint density at radius 1 is 1.32 bits per heavy atom. The summed E-state index contributed by atoms with van der Waals surface area (Å²) in [4.78, 5) is 12.1. The van der Waals surface area contributed by atoms with E-state index in [2.05, 4.69) is 5.32 Å². The first-order valence-corrected chi connectivity index (χ1v) is 6.77. The van der Waals surface area contributed by atoms with E-state index in [9.17, 15) is 4.79 Å². The molecule has 4 heteroatoms. The first-order chi connectivity index (χ1) is 8.95. The molecular weight excluding hydrogens is 240 g/mol. The second-order valence-electron chi connectivity index (χ2n) is 5.06. The number of nitrogens with one attached hydrogen (secondary N) is 1. The van der Waals surface area contributed by atoms with Crippen molar-refractivity contribution in [2.24, 2.45) is 11.7 Å². The quantitative estimate of drug-likeness (QED) is 0.830. The van der Waals surface area contributed by atoms with Crippen LogP contribution in [0.15, 0.2) is 24.3 Å². The molecule has 4 nitrogen and oxygen atoms in total. The molecule has 0 aliphatic carbocycles. The predicted octanol–water partition coefficient (Wildman–Crippen LogP) is 2.79. The van der Waals surface area contributed by atoms with E-state index in [0.29, 0.717) is 11.4 Å². The van der Waals surface area contributed by atoms with E-state index in [1.54, 1.807) is 0 Å². The van der Waals surface area contributed by atoms with Crippen LogP contribution in [0.25, 0.3) is 0 Å². The summed E-state index contributed by atoms with van der Waals surface area (Å²) in [6.45, 7) is 7.89. The number of rotatable bonds is 6. The van der Waals surface area contributed by atoms with Gasteiger partial charge in [0.05, 0.1) is 17.8 Å². The van der Waals surface area contributed by atoms with Crippen LogP contribution in [-0.2, 0) is 4.79 Å². The molecule has 3 N–H and O–H groups in total. The molecule has 1 aromatic rings. The monoisotopic (exact) mass is 264 g/mol. The lowest BCUT2D eigenvalue weighted by molar-refractivity contribution is -0.118. The molecule has 0 aromatic heterocycles. The molecule has 106 valence electrons. The number of anilines is 1. The minimum atomic E-state index is -0.503. The second kappa shape index (κ2) is 7.14. The number of benzene rings is 1. The van der Waals surface area contributed by atoms with Gasteiger partial charge in [0.2, 0.25) is 5.91 Å². The van der Waals surface area contributed by atoms with Gasteiger partial charge in [-0.2, -0.15) is 0 Å². The summed E-state index contributed by atoms with van der Waals surface area (Å²) in [6.07, 6.45) is 0.930. The summed E-state index contributed by atoms with van der Waals surface area (Å²) in [5.74, 6) is 0.648. The Balaban J connectivity index is 2.79. The highest BCUT2D eigenvalue weighted by Gasteiger charge is 2.20. The highest BCUT2D eigenvalue weighted by molar-refractivity contribution is 5.96. The van der Waals surface area contributed by atoms with Crippen LogP contribution in [0.4, 0.5) is 5.69 Å². The minimum Gasteiger partial charge on any atom is -0.489 e. The van der Waals surface area contributed by atoms with Crippen molar-refractivity contribution < 1.29 is 9.53 Å². The fourth-order valence-corrected chi connectivity index (χ4v) is 1.66. The van der Waals surface area contributed by atoms with Gasteiger partial charge in [-0.05, 0) is 31.9 Å². The van der Waals surface area contributed by atoms with Crippen LogP contribution in [0.5, 0.6) is 5.75 Å². The van der Waals surface area contributed by atoms with E-state index in [0.717, 1.165) is 6.42 Å². The van der Waals surface area contributed by atoms with Crippen LogP contribution in [0.1, 0.15) is 34.1 Å². The number of amides is 1. The Hall–Kier alpha value is -1.55. The molecule has 0 radical (unpaired) electrons. The van der Waals surface area contributed by atoms with Gasteiger partial charge in [-0.15, -0.1) is 0 Å². The first-order valence-electron chi connectivity index (χ1n) is 6.77. The fourth-order valence-electron chi connectivity index (χ4n) is 1.66. The van der Waals surface area contributed by atoms with E-state index in [1.165, 1.54) is 0 Å². The van der Waals surface area contributed by atoms with Crippen LogP contribution >= 0.6 is 0 Å². The summed E-state index contributed by atoms with van der Waals surface area (Å²) >= 11 is 0. The maximum absolute atomic E-state index is 12.1. The molecule has 0 saturated heterocycles. The normalized spacial score (nSPS) is 14.0. The smallest absolute Gasteiger partial charge is 0.241 e. The third kappa shape index (κ3) is 4.56. The van der Waals surface area contributed by atoms with Crippen molar-refractivity contribution in [2.75, 3.05) is 5.32 Å². The molecule has 19 heavy (non-hydrogen) atoms. The SMILES string of the molecule is CCC(C)C(N)C(=O)Nc1ccccc1OC(C)C. The van der Waals surface area contributed by atoms with Crippen molar-refractivity contribution in [1.29, 1.82) is 0 Å². The lowest BCUT2D eigenvalue weighted by atomic mass is 9.99. The molecule has 0 aliphatic heterocycles. The van der Waals surface area contributed by atoms with Crippen molar-refractivity contribution in [3.63, 3.8) is 0 Å². The average molecular weight is 264 g/mol. The van der Waals surface area contributed by atoms with Gasteiger partial charge < -0.3 is 15.8 Å². The molecule has 2 unspecified atom stereocenters. The molecule has 0 saturated carbocycles. The molecule has 2 atom stereocenters. The zero-order valence-corrected chi connectivity index (χ0v) is 12.1. The van der Waals surface area contributed by atoms with Crippen LogP contribution < -0.4 is 15.8 Å². The zero-order chi connectivity index (χ0) is 14.4. The molecule has 1 amide bonds. The summed E-state index contributed by atoms with van der Waals surface area (Å²) in [5.41, 5.74) is 6.58. The average Bonchev–Trinajstić information content (AvgIpc) is 2.38. The largest absolute Gasteiger partial charge is 0.489 e. The van der Waals surface area contributed by atoms with Gasteiger partial charge in [0.25, 0.3) is 0 Å². The van der Waals surface area contributed by atoms with Crippen LogP contribution in [-0.4, -0.2) is 18.1 Å². The van der Waals surface area contributed by atoms with Crippen molar-refractivity contribution in [1.82, 2.24) is 0 Å². The van der Waals surface area contributed by atoms with Crippen molar-refractivity contribution in [2.45, 2.75) is 46.3 Å². The lowest BCUT2D eigenvalue weighted by Gasteiger charge is -2.19. The lowest BCUT2D eigenvalue weighted by Crippen LogP contribution is -2.40. The number of hydrogen-bond acceptors (Lipinski definition) is 3. The maximum atomic E-state index is 12.1. The zero-order valence-electron chi connectivity index (χ0n) is 12.1. The van der Waals surface area contributed by atoms with E-state index in [4.69, 9.17) is 10.5 Å². The number of nitrogens with two attached hydrogens (primary N) is 1. The van der Waals surface area contributed by atoms with E-state index < -0.39 is 6.04 Å². The number of carbonyl (C=O) groups is 1. The summed E-state index contributed by atoms with van der Waals surface area (Å²) in [5, 5.41) is 2.84. The van der Waals surface area contributed by atoms with Gasteiger partial charge >= 0.3 is 0 Å². The van der Waals surface area contributed by atoms with E-state index >= 15 is 0 Å². The fraction of sp³-hybridized carbons (Fsp3) is 0.533. The molecule has 1 rings (SSSR count). The standard InChI is InChI=1S/C15H24N2O2/c1-5-11(4)14(16)15(18)17-12-8-6-7-9-13(12)19-10(2)3/h6-11,14H,5,16H2,1-4H3,(H,17,18). The Bertz CT molecular complexity index is 418. The van der Waals surface area contributed by atoms with Crippen LogP contribution in [0.2, 0.25) is 0 Å². The first kappa shape index (κ1) is 15.5. The molecule has 0 heterocycles. The number of para-hydroxylation sites is 2. The van der Waals surface area contributed by atoms with Gasteiger partial charge in [0.15, 0.2) is 0 Å². The minimum absolute atomic E-state index is 0.0568. The van der Waals surface area contributed by atoms with Crippen LogP contribution in [0.3, 0.4) is 0 Å². The third-order valence-electron chi connectivity index (χ3n) is 3.07. The summed E-state index contributed by atoms with van der Waals surface area (Å²) < 4.78 is 5.66. The van der Waals surface area contributed by atoms with E-state index in [-0.39, 0.29) is 17.9 Å². The number of hydrogen-bond donors (Lipinski definition) is 2. The van der Waals surface area contributed by atoms with Gasteiger partial charge in [-0.1, -0.05) is 32.4 Å². The van der Waals surface area contributed by atoms with Gasteiger partial charge in [0, 0.05) is 0 Å². The molecule has 0 aliphatic rings. The Labute approximate surface area is 115 Å². The Morgan fingerprint density at radius 2 is 1.95 bits per heavy atom. The predicted molar refractivity (Wildman–Crippen MR) is 78.3 cm³/mol. The molecule has 0 fully saturated rings. The Kier molecular flexibility index (Phi) is 5.83. The molecule has 0 spiro atoms. The molecular formula is C15H24N2O2. The summed E-state index contributed by atoms with van der Waals surface area (Å²) in [6, 6.07) is 6.89. The molecule has 1 aromatic carbocycles. The highest BCUT2D eigenvalue weighted by atomic mass is 16.5. The number of ether oxygens (including phenoxy) is 1. The molecule has 0 bridgehead atoms. The topological polar surface area (TPSA) is 64.4 Å². The van der Waals surface area contributed by atoms with Crippen molar-refractivity contribution in [3.05, 3.63) is 24.3 Å². The van der Waals surface area contributed by atoms with Gasteiger partial charge in [0.1, 0.15) is 5.75 Å². The van der Waals surface area contributed by atoms with Crippen LogP contribution in [0, 0.1) is 5.92 Å². The summed E-state index contributed by atoms with van der Waals surface area (Å²) in [7, 11) is 0. The third-order valence-corrected chi connectivity index (χ3v) is 3.07. The van der Waals surface area contributed by atoms with E-state index in [1.807, 2.05) is 52.0 Å². The van der Waals surface area contributed by atoms with Crippen molar-refractivity contribution in [3.8, 4) is 5.75 Å². The highest BCUT2D eigenvalue weighted by Crippen LogP contribution is 2.25. The van der Waals surface area contributed by atoms with Crippen molar-refractivity contribution >= 4 is 11.6 Å². The second-order valence-corrected chi connectivity index (χ2v) is 5.06. The van der Waals surface area contributed by atoms with Gasteiger partial charge in [-0.25, -0.2) is 0 Å². The maximum Gasteiger partial charge on any atom is 0.241 e. The Morgan fingerprint density at radius 3 is 2.53 bits per heavy atom. The van der Waals surface area contributed by atoms with Gasteiger partial charge in [-0.3, -0.25) is 4.79 Å². The number of carbonyl (C=O) groups excluding carboxylic acids is 1.